The van der Waals surface area contributed by atoms with Crippen molar-refractivity contribution in [3.05, 3.63) is 16.1 Å². The van der Waals surface area contributed by atoms with Crippen LogP contribution in [0.1, 0.15) is 17.6 Å². The van der Waals surface area contributed by atoms with E-state index in [-0.39, 0.29) is 13.2 Å². The number of aliphatic carboxylic acids is 1. The molecule has 1 aromatic heterocycles. The predicted molar refractivity (Wildman–Crippen MR) is 48.8 cm³/mol. The van der Waals surface area contributed by atoms with Gasteiger partial charge in [0, 0.05) is 5.38 Å². The van der Waals surface area contributed by atoms with Crippen molar-refractivity contribution in [2.24, 2.45) is 0 Å². The van der Waals surface area contributed by atoms with Gasteiger partial charge >= 0.3 is 5.97 Å². The molecule has 0 atom stereocenters. The van der Waals surface area contributed by atoms with Crippen LogP contribution >= 0.6 is 11.3 Å². The SMILES string of the molecule is CCc1nc(COCC(=O)O)cs1. The molecule has 72 valence electrons. The highest BCUT2D eigenvalue weighted by molar-refractivity contribution is 7.09. The molecule has 0 aliphatic carbocycles. The van der Waals surface area contributed by atoms with Crippen LogP contribution in [0.3, 0.4) is 0 Å². The van der Waals surface area contributed by atoms with Crippen LogP contribution < -0.4 is 0 Å². The highest BCUT2D eigenvalue weighted by Gasteiger charge is 2.01. The summed E-state index contributed by atoms with van der Waals surface area (Å²) in [4.78, 5) is 14.3. The number of carboxylic acid groups (broad SMARTS) is 1. The van der Waals surface area contributed by atoms with Crippen LogP contribution in [0, 0.1) is 0 Å². The van der Waals surface area contributed by atoms with Crippen molar-refractivity contribution in [3.8, 4) is 0 Å². The Morgan fingerprint density at radius 3 is 3.08 bits per heavy atom. The molecule has 0 aliphatic heterocycles. The first-order valence-corrected chi connectivity index (χ1v) is 4.83. The van der Waals surface area contributed by atoms with Crippen LogP contribution in [0.4, 0.5) is 0 Å². The van der Waals surface area contributed by atoms with Gasteiger partial charge in [-0.25, -0.2) is 9.78 Å². The molecule has 4 nitrogen and oxygen atoms in total. The van der Waals surface area contributed by atoms with Gasteiger partial charge in [0.1, 0.15) is 6.61 Å². The first-order chi connectivity index (χ1) is 6.22. The predicted octanol–water partition coefficient (Wildman–Crippen LogP) is 1.31. The summed E-state index contributed by atoms with van der Waals surface area (Å²) in [6, 6.07) is 0. The van der Waals surface area contributed by atoms with Crippen LogP contribution in [0.2, 0.25) is 0 Å². The Hall–Kier alpha value is -0.940. The Bertz CT molecular complexity index is 285. The summed E-state index contributed by atoms with van der Waals surface area (Å²) in [5.74, 6) is -0.953. The number of aryl methyl sites for hydroxylation is 1. The van der Waals surface area contributed by atoms with Crippen molar-refractivity contribution < 1.29 is 14.6 Å². The number of carbonyl (C=O) groups is 1. The van der Waals surface area contributed by atoms with Gasteiger partial charge in [0.05, 0.1) is 17.3 Å². The van der Waals surface area contributed by atoms with Crippen molar-refractivity contribution in [3.63, 3.8) is 0 Å². The highest BCUT2D eigenvalue weighted by atomic mass is 32.1. The van der Waals surface area contributed by atoms with Crippen molar-refractivity contribution in [2.75, 3.05) is 6.61 Å². The minimum Gasteiger partial charge on any atom is -0.480 e. The highest BCUT2D eigenvalue weighted by Crippen LogP contribution is 2.10. The second kappa shape index (κ2) is 4.94. The first kappa shape index (κ1) is 10.1. The van der Waals surface area contributed by atoms with Crippen LogP contribution in [0.15, 0.2) is 5.38 Å². The van der Waals surface area contributed by atoms with Crippen molar-refractivity contribution in [2.45, 2.75) is 20.0 Å². The van der Waals surface area contributed by atoms with Gasteiger partial charge in [0.25, 0.3) is 0 Å². The fraction of sp³-hybridized carbons (Fsp3) is 0.500. The maximum atomic E-state index is 10.1. The van der Waals surface area contributed by atoms with Crippen LogP contribution in [-0.2, 0) is 22.6 Å². The van der Waals surface area contributed by atoms with Crippen LogP contribution in [0.5, 0.6) is 0 Å². The van der Waals surface area contributed by atoms with E-state index >= 15 is 0 Å². The molecule has 13 heavy (non-hydrogen) atoms. The number of hydrogen-bond donors (Lipinski definition) is 1. The molecule has 0 saturated heterocycles. The van der Waals surface area contributed by atoms with Crippen LogP contribution in [0.25, 0.3) is 0 Å². The van der Waals surface area contributed by atoms with Crippen LogP contribution in [-0.4, -0.2) is 22.7 Å². The largest absolute Gasteiger partial charge is 0.480 e. The van der Waals surface area contributed by atoms with Crippen molar-refractivity contribution in [1.82, 2.24) is 4.98 Å². The second-order valence-corrected chi connectivity index (χ2v) is 3.42. The van der Waals surface area contributed by atoms with E-state index < -0.39 is 5.97 Å². The molecule has 0 amide bonds. The zero-order valence-electron chi connectivity index (χ0n) is 7.32. The summed E-state index contributed by atoms with van der Waals surface area (Å²) >= 11 is 1.57. The topological polar surface area (TPSA) is 59.4 Å². The number of carboxylic acids is 1. The molecule has 0 aliphatic rings. The molecule has 1 aromatic rings. The number of nitrogens with zero attached hydrogens (tertiary/aromatic N) is 1. The maximum Gasteiger partial charge on any atom is 0.329 e. The first-order valence-electron chi connectivity index (χ1n) is 3.95. The Kier molecular flexibility index (Phi) is 3.85. The molecular formula is C8H11NO3S. The van der Waals surface area contributed by atoms with Gasteiger partial charge in [-0.2, -0.15) is 0 Å². The number of rotatable bonds is 5. The fourth-order valence-corrected chi connectivity index (χ4v) is 1.55. The van der Waals surface area contributed by atoms with Gasteiger partial charge < -0.3 is 9.84 Å². The van der Waals surface area contributed by atoms with Gasteiger partial charge in [-0.1, -0.05) is 6.92 Å². The molecule has 0 unspecified atom stereocenters. The molecule has 1 heterocycles. The van der Waals surface area contributed by atoms with E-state index in [9.17, 15) is 4.79 Å². The Morgan fingerprint density at radius 2 is 2.54 bits per heavy atom. The summed E-state index contributed by atoms with van der Waals surface area (Å²) in [5, 5.41) is 11.2. The molecule has 0 radical (unpaired) electrons. The van der Waals surface area contributed by atoms with Gasteiger partial charge in [-0.3, -0.25) is 0 Å². The standard InChI is InChI=1S/C8H11NO3S/c1-2-7-9-6(5-13-7)3-12-4-8(10)11/h5H,2-4H2,1H3,(H,10,11). The van der Waals surface area contributed by atoms with Gasteiger partial charge in [0.2, 0.25) is 0 Å². The lowest BCUT2D eigenvalue weighted by Crippen LogP contribution is -2.06. The van der Waals surface area contributed by atoms with Gasteiger partial charge in [0.15, 0.2) is 0 Å². The molecule has 0 aromatic carbocycles. The average molecular weight is 201 g/mol. The third-order valence-electron chi connectivity index (χ3n) is 1.38. The van der Waals surface area contributed by atoms with E-state index in [1.165, 1.54) is 0 Å². The lowest BCUT2D eigenvalue weighted by Gasteiger charge is -1.96. The molecule has 5 heteroatoms. The van der Waals surface area contributed by atoms with E-state index in [1.807, 2.05) is 12.3 Å². The van der Waals surface area contributed by atoms with Gasteiger partial charge in [-0.15, -0.1) is 11.3 Å². The summed E-state index contributed by atoms with van der Waals surface area (Å²) in [6.45, 7) is 2.04. The Balaban J connectivity index is 2.32. The minimum atomic E-state index is -0.953. The zero-order chi connectivity index (χ0) is 9.68. The lowest BCUT2D eigenvalue weighted by atomic mass is 10.5. The summed E-state index contributed by atoms with van der Waals surface area (Å²) < 4.78 is 4.88. The smallest absolute Gasteiger partial charge is 0.329 e. The van der Waals surface area contributed by atoms with E-state index in [1.54, 1.807) is 11.3 Å². The Morgan fingerprint density at radius 1 is 1.77 bits per heavy atom. The molecule has 0 bridgehead atoms. The third kappa shape index (κ3) is 3.52. The Labute approximate surface area is 80.2 Å². The molecule has 0 fully saturated rings. The second-order valence-electron chi connectivity index (χ2n) is 2.47. The number of aromatic nitrogens is 1. The number of thiazole rings is 1. The van der Waals surface area contributed by atoms with Gasteiger partial charge in [-0.05, 0) is 6.42 Å². The van der Waals surface area contributed by atoms with E-state index in [4.69, 9.17) is 9.84 Å². The minimum absolute atomic E-state index is 0.265. The summed E-state index contributed by atoms with van der Waals surface area (Å²) in [6.07, 6.45) is 0.906. The molecule has 1 rings (SSSR count). The molecule has 0 saturated carbocycles. The number of hydrogen-bond acceptors (Lipinski definition) is 4. The van der Waals surface area contributed by atoms with E-state index in [0.29, 0.717) is 0 Å². The van der Waals surface area contributed by atoms with E-state index in [2.05, 4.69) is 4.98 Å². The lowest BCUT2D eigenvalue weighted by molar-refractivity contribution is -0.142. The van der Waals surface area contributed by atoms with Crippen molar-refractivity contribution >= 4 is 17.3 Å². The number of ether oxygens (including phenoxy) is 1. The van der Waals surface area contributed by atoms with Crippen molar-refractivity contribution in [1.29, 1.82) is 0 Å². The monoisotopic (exact) mass is 201 g/mol. The quantitative estimate of drug-likeness (QED) is 0.780. The average Bonchev–Trinajstić information content (AvgIpc) is 2.52. The molecule has 1 N–H and O–H groups in total. The maximum absolute atomic E-state index is 10.1. The molecular weight excluding hydrogens is 190 g/mol. The summed E-state index contributed by atoms with van der Waals surface area (Å²) in [7, 11) is 0. The third-order valence-corrected chi connectivity index (χ3v) is 2.42. The normalized spacial score (nSPS) is 10.2. The zero-order valence-corrected chi connectivity index (χ0v) is 8.13. The van der Waals surface area contributed by atoms with E-state index in [0.717, 1.165) is 17.1 Å². The fourth-order valence-electron chi connectivity index (χ4n) is 0.821. The summed E-state index contributed by atoms with van der Waals surface area (Å²) in [5.41, 5.74) is 0.808. The molecule has 0 spiro atoms.